The first-order valence-corrected chi connectivity index (χ1v) is 10.2. The maximum atomic E-state index is 14.5. The molecule has 6 heteroatoms. The van der Waals surface area contributed by atoms with Crippen LogP contribution in [-0.4, -0.2) is 6.61 Å². The Hall–Kier alpha value is -4.29. The van der Waals surface area contributed by atoms with Crippen molar-refractivity contribution < 1.29 is 26.7 Å². The second kappa shape index (κ2) is 9.68. The van der Waals surface area contributed by atoms with Gasteiger partial charge in [-0.15, -0.1) is 0 Å². The van der Waals surface area contributed by atoms with Gasteiger partial charge in [0.05, 0.1) is 17.7 Å². The fourth-order valence-corrected chi connectivity index (χ4v) is 3.25. The fraction of sp³-hybridized carbons (Fsp3) is 0.0714. The zero-order chi connectivity index (χ0) is 24.2. The SMILES string of the molecule is CCOc1cc(F)c(C#Cc2cc(F)c(C#Cc3ccc4cc(F)ccc4c3)c(F)c2)c(F)c1. The number of rotatable bonds is 2. The Morgan fingerprint density at radius 1 is 0.588 bits per heavy atom. The summed E-state index contributed by atoms with van der Waals surface area (Å²) in [5.41, 5.74) is -0.628. The topological polar surface area (TPSA) is 9.23 Å². The predicted octanol–water partition coefficient (Wildman–Crippen LogP) is 6.73. The molecule has 4 aromatic rings. The molecule has 0 atom stereocenters. The average molecular weight is 462 g/mol. The van der Waals surface area contributed by atoms with Crippen LogP contribution in [-0.2, 0) is 0 Å². The van der Waals surface area contributed by atoms with Crippen molar-refractivity contribution in [2.24, 2.45) is 0 Å². The van der Waals surface area contributed by atoms with E-state index in [9.17, 15) is 22.0 Å². The highest BCUT2D eigenvalue weighted by atomic mass is 19.1. The van der Waals surface area contributed by atoms with Crippen molar-refractivity contribution in [2.75, 3.05) is 6.61 Å². The number of benzene rings is 4. The second-order valence-electron chi connectivity index (χ2n) is 7.22. The van der Waals surface area contributed by atoms with Crippen LogP contribution in [0.5, 0.6) is 5.75 Å². The van der Waals surface area contributed by atoms with Crippen LogP contribution in [0.15, 0.2) is 60.7 Å². The Morgan fingerprint density at radius 2 is 1.12 bits per heavy atom. The number of hydrogen-bond donors (Lipinski definition) is 0. The number of fused-ring (bicyclic) bond motifs is 1. The van der Waals surface area contributed by atoms with Gasteiger partial charge in [0.2, 0.25) is 0 Å². The Bertz CT molecular complexity index is 1490. The highest BCUT2D eigenvalue weighted by Gasteiger charge is 2.11. The van der Waals surface area contributed by atoms with Crippen LogP contribution in [0.1, 0.15) is 29.2 Å². The van der Waals surface area contributed by atoms with Gasteiger partial charge in [0, 0.05) is 23.3 Å². The fourth-order valence-electron chi connectivity index (χ4n) is 3.25. The molecule has 0 heterocycles. The third kappa shape index (κ3) is 5.03. The molecule has 0 aromatic heterocycles. The molecule has 0 radical (unpaired) electrons. The van der Waals surface area contributed by atoms with Gasteiger partial charge >= 0.3 is 0 Å². The van der Waals surface area contributed by atoms with E-state index in [1.807, 2.05) is 0 Å². The molecule has 0 N–H and O–H groups in total. The van der Waals surface area contributed by atoms with Crippen LogP contribution in [0.3, 0.4) is 0 Å². The Balaban J connectivity index is 1.62. The molecule has 0 unspecified atom stereocenters. The summed E-state index contributed by atoms with van der Waals surface area (Å²) in [6, 6.07) is 13.1. The summed E-state index contributed by atoms with van der Waals surface area (Å²) in [5.74, 6) is 5.60. The molecule has 0 spiro atoms. The van der Waals surface area contributed by atoms with E-state index in [0.29, 0.717) is 10.9 Å². The van der Waals surface area contributed by atoms with Gasteiger partial charge in [0.25, 0.3) is 0 Å². The Labute approximate surface area is 192 Å². The van der Waals surface area contributed by atoms with E-state index in [1.165, 1.54) is 12.1 Å². The maximum Gasteiger partial charge on any atom is 0.145 e. The molecular weight excluding hydrogens is 447 g/mol. The van der Waals surface area contributed by atoms with Crippen LogP contribution >= 0.6 is 0 Å². The number of halogens is 5. The molecular formula is C28H15F5O. The van der Waals surface area contributed by atoms with Crippen molar-refractivity contribution in [1.29, 1.82) is 0 Å². The minimum atomic E-state index is -0.965. The van der Waals surface area contributed by atoms with E-state index < -0.39 is 34.4 Å². The van der Waals surface area contributed by atoms with Crippen molar-refractivity contribution in [3.05, 3.63) is 112 Å². The van der Waals surface area contributed by atoms with Gasteiger partial charge in [-0.05, 0) is 54.1 Å². The van der Waals surface area contributed by atoms with Crippen molar-refractivity contribution >= 4 is 10.8 Å². The lowest BCUT2D eigenvalue weighted by Gasteiger charge is -2.04. The van der Waals surface area contributed by atoms with Gasteiger partial charge < -0.3 is 4.74 Å². The van der Waals surface area contributed by atoms with Crippen LogP contribution in [0, 0.1) is 52.8 Å². The molecule has 0 aliphatic rings. The van der Waals surface area contributed by atoms with Crippen LogP contribution < -0.4 is 4.74 Å². The molecule has 0 aliphatic carbocycles. The third-order valence-electron chi connectivity index (χ3n) is 4.83. The maximum absolute atomic E-state index is 14.5. The van der Waals surface area contributed by atoms with E-state index in [-0.39, 0.29) is 23.7 Å². The quantitative estimate of drug-likeness (QED) is 0.237. The molecule has 0 bridgehead atoms. The van der Waals surface area contributed by atoms with Gasteiger partial charge in [-0.3, -0.25) is 0 Å². The molecule has 4 aromatic carbocycles. The van der Waals surface area contributed by atoms with Crippen molar-refractivity contribution in [3.63, 3.8) is 0 Å². The van der Waals surface area contributed by atoms with Gasteiger partial charge in [-0.1, -0.05) is 35.8 Å². The Morgan fingerprint density at radius 3 is 1.74 bits per heavy atom. The van der Waals surface area contributed by atoms with E-state index in [1.54, 1.807) is 31.2 Å². The van der Waals surface area contributed by atoms with Gasteiger partial charge in [0.1, 0.15) is 34.8 Å². The van der Waals surface area contributed by atoms with Crippen molar-refractivity contribution in [1.82, 2.24) is 0 Å². The first-order valence-electron chi connectivity index (χ1n) is 10.2. The van der Waals surface area contributed by atoms with Crippen LogP contribution in [0.2, 0.25) is 0 Å². The van der Waals surface area contributed by atoms with Crippen molar-refractivity contribution in [2.45, 2.75) is 6.92 Å². The summed E-state index contributed by atoms with van der Waals surface area (Å²) in [7, 11) is 0. The lowest BCUT2D eigenvalue weighted by atomic mass is 10.1. The minimum absolute atomic E-state index is 0.0154. The molecule has 1 nitrogen and oxygen atoms in total. The number of hydrogen-bond acceptors (Lipinski definition) is 1. The molecule has 0 aliphatic heterocycles. The zero-order valence-corrected chi connectivity index (χ0v) is 17.8. The smallest absolute Gasteiger partial charge is 0.145 e. The lowest BCUT2D eigenvalue weighted by Crippen LogP contribution is -1.97. The molecule has 0 fully saturated rings. The zero-order valence-electron chi connectivity index (χ0n) is 17.8. The van der Waals surface area contributed by atoms with Crippen molar-refractivity contribution in [3.8, 4) is 29.4 Å². The molecule has 4 rings (SSSR count). The van der Waals surface area contributed by atoms with Gasteiger partial charge in [-0.25, -0.2) is 22.0 Å². The lowest BCUT2D eigenvalue weighted by molar-refractivity contribution is 0.335. The minimum Gasteiger partial charge on any atom is -0.494 e. The molecule has 0 saturated heterocycles. The highest BCUT2D eigenvalue weighted by Crippen LogP contribution is 2.21. The summed E-state index contributed by atoms with van der Waals surface area (Å²) in [6.07, 6.45) is 0. The summed E-state index contributed by atoms with van der Waals surface area (Å²) in [5, 5.41) is 1.40. The first-order chi connectivity index (χ1) is 16.3. The van der Waals surface area contributed by atoms with Gasteiger partial charge in [-0.2, -0.15) is 0 Å². The molecule has 168 valence electrons. The first kappa shape index (κ1) is 22.9. The molecule has 0 amide bonds. The van der Waals surface area contributed by atoms with Crippen LogP contribution in [0.4, 0.5) is 22.0 Å². The summed E-state index contributed by atoms with van der Waals surface area (Å²) in [6.45, 7) is 1.91. The molecule has 34 heavy (non-hydrogen) atoms. The largest absolute Gasteiger partial charge is 0.494 e. The standard InChI is InChI=1S/C28H15F5O/c1-2-34-22-15-27(32)24(28(33)16-22)10-5-18-12-25(30)23(26(31)13-18)9-4-17-3-6-20-14-21(29)8-7-19(20)11-17/h3,6-8,11-16H,2H2,1H3. The summed E-state index contributed by atoms with van der Waals surface area (Å²) < 4.78 is 75.7. The molecule has 0 saturated carbocycles. The Kier molecular flexibility index (Phi) is 6.52. The van der Waals surface area contributed by atoms with E-state index >= 15 is 0 Å². The van der Waals surface area contributed by atoms with E-state index in [0.717, 1.165) is 29.7 Å². The van der Waals surface area contributed by atoms with Gasteiger partial charge in [0.15, 0.2) is 0 Å². The summed E-state index contributed by atoms with van der Waals surface area (Å²) in [4.78, 5) is 0. The summed E-state index contributed by atoms with van der Waals surface area (Å²) >= 11 is 0. The van der Waals surface area contributed by atoms with E-state index in [2.05, 4.69) is 23.7 Å². The number of ether oxygens (including phenoxy) is 1. The highest BCUT2D eigenvalue weighted by molar-refractivity contribution is 5.84. The predicted molar refractivity (Wildman–Crippen MR) is 120 cm³/mol. The normalized spacial score (nSPS) is 10.3. The average Bonchev–Trinajstić information content (AvgIpc) is 2.78. The van der Waals surface area contributed by atoms with Crippen LogP contribution in [0.25, 0.3) is 10.8 Å². The van der Waals surface area contributed by atoms with E-state index in [4.69, 9.17) is 4.74 Å². The second-order valence-corrected chi connectivity index (χ2v) is 7.22. The monoisotopic (exact) mass is 462 g/mol. The third-order valence-corrected chi connectivity index (χ3v) is 4.83.